The fourth-order valence-corrected chi connectivity index (χ4v) is 2.26. The Labute approximate surface area is 131 Å². The van der Waals surface area contributed by atoms with Crippen molar-refractivity contribution in [2.75, 3.05) is 13.1 Å². The number of nitrogens with two attached hydrogens (primary N) is 1. The summed E-state index contributed by atoms with van der Waals surface area (Å²) in [5.74, 6) is 0.672. The average Bonchev–Trinajstić information content (AvgIpc) is 2.34. The van der Waals surface area contributed by atoms with Crippen LogP contribution in [-0.2, 0) is 4.79 Å². The molecule has 0 aliphatic carbocycles. The summed E-state index contributed by atoms with van der Waals surface area (Å²) in [5.41, 5.74) is 7.82. The number of aliphatic hydroxyl groups excluding tert-OH is 1. The number of benzene rings is 1. The molecule has 0 bridgehead atoms. The van der Waals surface area contributed by atoms with Crippen LogP contribution in [0.4, 0.5) is 0 Å². The summed E-state index contributed by atoms with van der Waals surface area (Å²) in [7, 11) is 0. The van der Waals surface area contributed by atoms with Crippen molar-refractivity contribution in [1.82, 2.24) is 4.90 Å². The van der Waals surface area contributed by atoms with E-state index in [-0.39, 0.29) is 24.4 Å². The molecule has 0 saturated carbocycles. The first kappa shape index (κ1) is 17.8. The number of para-hydroxylation sites is 1. The van der Waals surface area contributed by atoms with Crippen LogP contribution in [0.25, 0.3) is 0 Å². The highest BCUT2D eigenvalue weighted by molar-refractivity contribution is 5.85. The van der Waals surface area contributed by atoms with Crippen LogP contribution in [0.3, 0.4) is 0 Å². The molecule has 3 N–H and O–H groups in total. The molecule has 1 saturated heterocycles. The first-order valence-corrected chi connectivity index (χ1v) is 6.85. The lowest BCUT2D eigenvalue weighted by atomic mass is 10.1. The summed E-state index contributed by atoms with van der Waals surface area (Å²) in [5, 5.41) is 9.33. The maximum atomic E-state index is 11.9. The molecule has 0 unspecified atom stereocenters. The van der Waals surface area contributed by atoms with Crippen molar-refractivity contribution in [3.05, 3.63) is 29.3 Å². The van der Waals surface area contributed by atoms with Crippen molar-refractivity contribution in [3.63, 3.8) is 0 Å². The van der Waals surface area contributed by atoms with Gasteiger partial charge in [-0.3, -0.25) is 4.79 Å². The van der Waals surface area contributed by atoms with E-state index in [0.717, 1.165) is 16.9 Å². The van der Waals surface area contributed by atoms with Crippen molar-refractivity contribution < 1.29 is 14.6 Å². The number of amides is 1. The SMILES string of the molecule is Cc1cccc(C)c1OC1CN(C(=O)[C@@H](N)[C@@H](C)O)C1.Cl. The van der Waals surface area contributed by atoms with Crippen LogP contribution in [0.5, 0.6) is 5.75 Å². The Kier molecular flexibility index (Phi) is 6.01. The highest BCUT2D eigenvalue weighted by Gasteiger charge is 2.36. The molecule has 2 atom stereocenters. The van der Waals surface area contributed by atoms with Gasteiger partial charge in [-0.15, -0.1) is 12.4 Å². The molecular weight excluding hydrogens is 292 g/mol. The second-order valence-corrected chi connectivity index (χ2v) is 5.47. The van der Waals surface area contributed by atoms with Crippen molar-refractivity contribution >= 4 is 18.3 Å². The van der Waals surface area contributed by atoms with Crippen LogP contribution in [0, 0.1) is 13.8 Å². The molecule has 1 amide bonds. The number of nitrogens with zero attached hydrogens (tertiary/aromatic N) is 1. The molecule has 1 heterocycles. The van der Waals surface area contributed by atoms with Gasteiger partial charge in [-0.05, 0) is 31.9 Å². The van der Waals surface area contributed by atoms with E-state index < -0.39 is 12.1 Å². The molecule has 1 aliphatic heterocycles. The van der Waals surface area contributed by atoms with Crippen molar-refractivity contribution in [1.29, 1.82) is 0 Å². The topological polar surface area (TPSA) is 75.8 Å². The molecule has 5 nitrogen and oxygen atoms in total. The number of ether oxygens (including phenoxy) is 1. The summed E-state index contributed by atoms with van der Waals surface area (Å²) < 4.78 is 5.94. The van der Waals surface area contributed by atoms with Crippen LogP contribution in [0.15, 0.2) is 18.2 Å². The predicted octanol–water partition coefficient (Wildman–Crippen LogP) is 1.02. The number of halogens is 1. The van der Waals surface area contributed by atoms with Gasteiger partial charge in [-0.1, -0.05) is 18.2 Å². The number of carbonyl (C=O) groups is 1. The molecule has 0 radical (unpaired) electrons. The largest absolute Gasteiger partial charge is 0.486 e. The Hall–Kier alpha value is -1.30. The summed E-state index contributed by atoms with van der Waals surface area (Å²) in [6.45, 7) is 6.58. The van der Waals surface area contributed by atoms with E-state index in [1.54, 1.807) is 4.90 Å². The maximum Gasteiger partial charge on any atom is 0.242 e. The lowest BCUT2D eigenvalue weighted by Gasteiger charge is -2.40. The van der Waals surface area contributed by atoms with Crippen molar-refractivity contribution in [3.8, 4) is 5.75 Å². The van der Waals surface area contributed by atoms with E-state index in [1.807, 2.05) is 32.0 Å². The van der Waals surface area contributed by atoms with Gasteiger partial charge in [0.1, 0.15) is 17.9 Å². The number of aliphatic hydroxyl groups is 1. The molecule has 0 spiro atoms. The second kappa shape index (κ2) is 7.11. The standard InChI is InChI=1S/C15H22N2O3.ClH/c1-9-5-4-6-10(2)14(9)20-12-7-17(8-12)15(19)13(16)11(3)18;/h4-6,11-13,18H,7-8,16H2,1-3H3;1H/t11-,13+;/m1./s1. The summed E-state index contributed by atoms with van der Waals surface area (Å²) in [6.07, 6.45) is -0.832. The van der Waals surface area contributed by atoms with E-state index in [2.05, 4.69) is 0 Å². The molecule has 1 aliphatic rings. The van der Waals surface area contributed by atoms with E-state index in [1.165, 1.54) is 6.92 Å². The highest BCUT2D eigenvalue weighted by atomic mass is 35.5. The molecule has 1 aromatic rings. The summed E-state index contributed by atoms with van der Waals surface area (Å²) in [6, 6.07) is 5.16. The quantitative estimate of drug-likeness (QED) is 0.870. The maximum absolute atomic E-state index is 11.9. The molecule has 2 rings (SSSR count). The minimum Gasteiger partial charge on any atom is -0.486 e. The van der Waals surface area contributed by atoms with Crippen LogP contribution in [0.1, 0.15) is 18.1 Å². The smallest absolute Gasteiger partial charge is 0.242 e. The zero-order valence-corrected chi connectivity index (χ0v) is 13.4. The Morgan fingerprint density at radius 2 is 1.90 bits per heavy atom. The number of carbonyl (C=O) groups excluding carboxylic acids is 1. The second-order valence-electron chi connectivity index (χ2n) is 5.47. The van der Waals surface area contributed by atoms with Gasteiger partial charge in [0.15, 0.2) is 0 Å². The zero-order chi connectivity index (χ0) is 14.9. The molecular formula is C15H23ClN2O3. The van der Waals surface area contributed by atoms with Gasteiger partial charge >= 0.3 is 0 Å². The van der Waals surface area contributed by atoms with Gasteiger partial charge in [0.05, 0.1) is 19.2 Å². The fraction of sp³-hybridized carbons (Fsp3) is 0.533. The first-order chi connectivity index (χ1) is 9.40. The van der Waals surface area contributed by atoms with E-state index in [4.69, 9.17) is 10.5 Å². The Morgan fingerprint density at radius 3 is 2.38 bits per heavy atom. The number of aryl methyl sites for hydroxylation is 2. The highest BCUT2D eigenvalue weighted by Crippen LogP contribution is 2.26. The van der Waals surface area contributed by atoms with Crippen molar-refractivity contribution in [2.45, 2.75) is 39.0 Å². The number of rotatable bonds is 4. The van der Waals surface area contributed by atoms with Crippen molar-refractivity contribution in [2.24, 2.45) is 5.73 Å². The first-order valence-electron chi connectivity index (χ1n) is 6.85. The van der Waals surface area contributed by atoms with Gasteiger partial charge < -0.3 is 20.5 Å². The Bertz CT molecular complexity index is 481. The van der Waals surface area contributed by atoms with Crippen LogP contribution >= 0.6 is 12.4 Å². The number of likely N-dealkylation sites (tertiary alicyclic amines) is 1. The van der Waals surface area contributed by atoms with Gasteiger partial charge in [0, 0.05) is 0 Å². The Balaban J connectivity index is 0.00000220. The average molecular weight is 315 g/mol. The molecule has 118 valence electrons. The van der Waals surface area contributed by atoms with Gasteiger partial charge in [0.2, 0.25) is 5.91 Å². The van der Waals surface area contributed by atoms with Crippen LogP contribution in [-0.4, -0.2) is 47.3 Å². The third kappa shape index (κ3) is 3.87. The normalized spacial score (nSPS) is 17.5. The zero-order valence-electron chi connectivity index (χ0n) is 12.6. The minimum absolute atomic E-state index is 0. The third-order valence-corrected chi connectivity index (χ3v) is 3.66. The predicted molar refractivity (Wildman–Crippen MR) is 83.8 cm³/mol. The molecule has 1 aromatic carbocycles. The van der Waals surface area contributed by atoms with Gasteiger partial charge in [-0.25, -0.2) is 0 Å². The molecule has 0 aromatic heterocycles. The Morgan fingerprint density at radius 1 is 1.38 bits per heavy atom. The fourth-order valence-electron chi connectivity index (χ4n) is 2.26. The summed E-state index contributed by atoms with van der Waals surface area (Å²) >= 11 is 0. The van der Waals surface area contributed by atoms with Crippen LogP contribution < -0.4 is 10.5 Å². The minimum atomic E-state index is -0.851. The van der Waals surface area contributed by atoms with Gasteiger partial charge in [0.25, 0.3) is 0 Å². The third-order valence-electron chi connectivity index (χ3n) is 3.66. The van der Waals surface area contributed by atoms with Crippen LogP contribution in [0.2, 0.25) is 0 Å². The van der Waals surface area contributed by atoms with E-state index in [0.29, 0.717) is 13.1 Å². The molecule has 21 heavy (non-hydrogen) atoms. The van der Waals surface area contributed by atoms with Gasteiger partial charge in [-0.2, -0.15) is 0 Å². The monoisotopic (exact) mass is 314 g/mol. The molecule has 6 heteroatoms. The molecule has 1 fully saturated rings. The summed E-state index contributed by atoms with van der Waals surface area (Å²) in [4.78, 5) is 13.5. The lowest BCUT2D eigenvalue weighted by molar-refractivity contribution is -0.143. The van der Waals surface area contributed by atoms with E-state index >= 15 is 0 Å². The van der Waals surface area contributed by atoms with E-state index in [9.17, 15) is 9.90 Å². The lowest BCUT2D eigenvalue weighted by Crippen LogP contribution is -2.61. The number of hydrogen-bond acceptors (Lipinski definition) is 4. The number of hydrogen-bond donors (Lipinski definition) is 2.